The molecule has 5 unspecified atom stereocenters. The highest BCUT2D eigenvalue weighted by molar-refractivity contribution is 6.28. The van der Waals surface area contributed by atoms with Gasteiger partial charge in [-0.25, -0.2) is 0 Å². The summed E-state index contributed by atoms with van der Waals surface area (Å²) >= 11 is 0. The van der Waals surface area contributed by atoms with Crippen LogP contribution in [0.5, 0.6) is 0 Å². The minimum absolute atomic E-state index is 0.00159. The van der Waals surface area contributed by atoms with E-state index in [1.165, 1.54) is 103 Å². The van der Waals surface area contributed by atoms with Crippen molar-refractivity contribution < 1.29 is 0 Å². The van der Waals surface area contributed by atoms with Crippen LogP contribution in [0.1, 0.15) is 50.7 Å². The van der Waals surface area contributed by atoms with E-state index in [0.717, 1.165) is 28.9 Å². The summed E-state index contributed by atoms with van der Waals surface area (Å²) in [6, 6.07) is 77.3. The van der Waals surface area contributed by atoms with Gasteiger partial charge >= 0.3 is 0 Å². The number of rotatable bonds is 7. The van der Waals surface area contributed by atoms with E-state index < -0.39 is 0 Å². The van der Waals surface area contributed by atoms with Crippen LogP contribution in [0.2, 0.25) is 0 Å². The van der Waals surface area contributed by atoms with Crippen LogP contribution in [0.3, 0.4) is 0 Å². The van der Waals surface area contributed by atoms with Crippen LogP contribution in [0.4, 0.5) is 34.1 Å². The molecule has 10 aromatic rings. The molecule has 3 aliphatic rings. The first kappa shape index (κ1) is 38.3. The Balaban J connectivity index is 1.07. The van der Waals surface area contributed by atoms with Gasteiger partial charge in [0, 0.05) is 38.8 Å². The van der Waals surface area contributed by atoms with E-state index in [9.17, 15) is 0 Å². The molecule has 1 spiro atoms. The van der Waals surface area contributed by atoms with Crippen LogP contribution in [0.25, 0.3) is 54.6 Å². The van der Waals surface area contributed by atoms with Crippen molar-refractivity contribution in [2.24, 2.45) is 23.7 Å². The van der Waals surface area contributed by atoms with Crippen molar-refractivity contribution in [1.82, 2.24) is 0 Å². The van der Waals surface area contributed by atoms with E-state index in [1.54, 1.807) is 5.56 Å². The van der Waals surface area contributed by atoms with Crippen LogP contribution in [-0.4, -0.2) is 0 Å². The first-order valence-corrected chi connectivity index (χ1v) is 23.9. The fourth-order valence-electron chi connectivity index (χ4n) is 13.5. The van der Waals surface area contributed by atoms with Gasteiger partial charge in [0.1, 0.15) is 0 Å². The zero-order valence-corrected chi connectivity index (χ0v) is 37.2. The van der Waals surface area contributed by atoms with Crippen molar-refractivity contribution >= 4 is 66.4 Å². The van der Waals surface area contributed by atoms with Crippen molar-refractivity contribution in [1.29, 1.82) is 0 Å². The van der Waals surface area contributed by atoms with Crippen LogP contribution in [0, 0.1) is 23.7 Å². The molecule has 0 N–H and O–H groups in total. The zero-order valence-electron chi connectivity index (χ0n) is 37.2. The molecule has 13 rings (SSSR count). The Hall–Kier alpha value is -7.16. The Kier molecular flexibility index (Phi) is 8.82. The monoisotopic (exact) mass is 836 g/mol. The lowest BCUT2D eigenvalue weighted by Gasteiger charge is -2.54. The molecule has 314 valence electrons. The molecule has 0 aromatic heterocycles. The molecule has 0 radical (unpaired) electrons. The molecule has 10 aromatic carbocycles. The number of fused-ring (bicyclic) bond motifs is 8. The maximum atomic E-state index is 2.61. The second-order valence-electron chi connectivity index (χ2n) is 19.5. The van der Waals surface area contributed by atoms with Gasteiger partial charge in [-0.15, -0.1) is 0 Å². The summed E-state index contributed by atoms with van der Waals surface area (Å²) in [6.45, 7) is 5.10. The predicted octanol–water partition coefficient (Wildman–Crippen LogP) is 17.5. The van der Waals surface area contributed by atoms with Gasteiger partial charge < -0.3 is 9.80 Å². The number of benzene rings is 10. The Morgan fingerprint density at radius 2 is 0.938 bits per heavy atom. The highest BCUT2D eigenvalue weighted by atomic mass is 15.2. The summed E-state index contributed by atoms with van der Waals surface area (Å²) in [4.78, 5) is 5.02. The molecule has 0 aliphatic heterocycles. The smallest absolute Gasteiger partial charge is 0.0543 e. The Labute approximate surface area is 382 Å². The quantitative estimate of drug-likeness (QED) is 0.148. The molecule has 2 nitrogen and oxygen atoms in total. The molecule has 2 bridgehead atoms. The lowest BCUT2D eigenvalue weighted by molar-refractivity contribution is 0.0426. The van der Waals surface area contributed by atoms with Crippen molar-refractivity contribution in [3.8, 4) is 22.3 Å². The van der Waals surface area contributed by atoms with Gasteiger partial charge in [-0.1, -0.05) is 166 Å². The highest BCUT2D eigenvalue weighted by Gasteiger charge is 2.57. The van der Waals surface area contributed by atoms with E-state index in [0.29, 0.717) is 11.8 Å². The second kappa shape index (κ2) is 15.0. The molecule has 2 fully saturated rings. The summed E-state index contributed by atoms with van der Waals surface area (Å²) in [5.74, 6) is 2.78. The molecule has 3 aliphatic carbocycles. The van der Waals surface area contributed by atoms with E-state index in [-0.39, 0.29) is 5.41 Å². The third-order valence-corrected chi connectivity index (χ3v) is 15.9. The minimum Gasteiger partial charge on any atom is -0.310 e. The molecule has 2 saturated carbocycles. The first-order chi connectivity index (χ1) is 32.1. The van der Waals surface area contributed by atoms with E-state index in [2.05, 4.69) is 230 Å². The standard InChI is InChI=1S/C63H52N2/c1-41-37-43-39-42(2)63(48(38-41)40-43)55-22-13-12-21-52(55)62-56(63)23-14-24-59(62)65(51-31-25-45(26-32-51)44-15-6-3-7-16-44)58-36-30-47-27-33-53-57(35-29-46-28-34-54(58)61(47)60(46)53)64(49-17-8-4-9-18-49)50-19-10-5-11-20-50/h3-36,41-43,48H,37-40H2,1-2H3. The van der Waals surface area contributed by atoms with Gasteiger partial charge in [0.05, 0.1) is 17.1 Å². The molecule has 0 heterocycles. The second-order valence-corrected chi connectivity index (χ2v) is 19.5. The predicted molar refractivity (Wildman–Crippen MR) is 275 cm³/mol. The van der Waals surface area contributed by atoms with Gasteiger partial charge in [-0.3, -0.25) is 0 Å². The SMILES string of the molecule is CC1CC2CC(C)C3(c4ccccc4-c4c(N(c5ccc(-c6ccccc6)cc5)c5ccc6ccc7c(N(c8ccccc8)c8ccccc8)ccc8ccc5c6c87)cccc43)C(C1)C2. The fraction of sp³-hybridized carbons (Fsp3) is 0.175. The third-order valence-electron chi connectivity index (χ3n) is 15.9. The number of para-hydroxylation sites is 2. The molecular weight excluding hydrogens is 785 g/mol. The Bertz CT molecular complexity index is 3330. The molecule has 5 atom stereocenters. The summed E-state index contributed by atoms with van der Waals surface area (Å²) in [5.41, 5.74) is 15.4. The largest absolute Gasteiger partial charge is 0.310 e. The van der Waals surface area contributed by atoms with E-state index >= 15 is 0 Å². The number of hydrogen-bond acceptors (Lipinski definition) is 2. The average molecular weight is 837 g/mol. The first-order valence-electron chi connectivity index (χ1n) is 23.9. The highest BCUT2D eigenvalue weighted by Crippen LogP contribution is 2.66. The van der Waals surface area contributed by atoms with E-state index in [1.807, 2.05) is 0 Å². The summed E-state index contributed by atoms with van der Waals surface area (Å²) in [5, 5.41) is 7.61. The molecule has 0 amide bonds. The number of nitrogens with zero attached hydrogens (tertiary/aromatic N) is 2. The van der Waals surface area contributed by atoms with Crippen molar-refractivity contribution in [2.45, 2.75) is 44.9 Å². The normalized spacial score (nSPS) is 20.9. The van der Waals surface area contributed by atoms with Crippen LogP contribution in [-0.2, 0) is 5.41 Å². The lowest BCUT2D eigenvalue weighted by atomic mass is 9.49. The minimum atomic E-state index is -0.00159. The third kappa shape index (κ3) is 5.79. The van der Waals surface area contributed by atoms with Crippen molar-refractivity contribution in [3.05, 3.63) is 217 Å². The summed E-state index contributed by atoms with van der Waals surface area (Å²) in [7, 11) is 0. The zero-order chi connectivity index (χ0) is 43.2. The van der Waals surface area contributed by atoms with E-state index in [4.69, 9.17) is 0 Å². The van der Waals surface area contributed by atoms with Crippen LogP contribution in [0.15, 0.2) is 206 Å². The van der Waals surface area contributed by atoms with Gasteiger partial charge in [0.15, 0.2) is 0 Å². The van der Waals surface area contributed by atoms with Crippen LogP contribution < -0.4 is 9.80 Å². The number of hydrogen-bond donors (Lipinski definition) is 0. The molecule has 65 heavy (non-hydrogen) atoms. The maximum absolute atomic E-state index is 2.61. The fourth-order valence-corrected chi connectivity index (χ4v) is 13.5. The average Bonchev–Trinajstić information content (AvgIpc) is 3.66. The maximum Gasteiger partial charge on any atom is 0.0543 e. The van der Waals surface area contributed by atoms with Gasteiger partial charge in [0.2, 0.25) is 0 Å². The molecule has 2 heteroatoms. The summed E-state index contributed by atoms with van der Waals surface area (Å²) in [6.07, 6.45) is 5.31. The molecular formula is C63H52N2. The Morgan fingerprint density at radius 1 is 0.400 bits per heavy atom. The lowest BCUT2D eigenvalue weighted by Crippen LogP contribution is -2.49. The van der Waals surface area contributed by atoms with Crippen molar-refractivity contribution in [2.75, 3.05) is 9.80 Å². The van der Waals surface area contributed by atoms with Crippen LogP contribution >= 0.6 is 0 Å². The number of anilines is 6. The Morgan fingerprint density at radius 3 is 1.60 bits per heavy atom. The molecule has 0 saturated heterocycles. The van der Waals surface area contributed by atoms with Gasteiger partial charge in [-0.05, 0) is 153 Å². The van der Waals surface area contributed by atoms with Crippen molar-refractivity contribution in [3.63, 3.8) is 0 Å². The topological polar surface area (TPSA) is 6.48 Å². The van der Waals surface area contributed by atoms with Gasteiger partial charge in [0.25, 0.3) is 0 Å². The summed E-state index contributed by atoms with van der Waals surface area (Å²) < 4.78 is 0. The van der Waals surface area contributed by atoms with Gasteiger partial charge in [-0.2, -0.15) is 0 Å².